The summed E-state index contributed by atoms with van der Waals surface area (Å²) in [6.07, 6.45) is 2.04. The third-order valence-corrected chi connectivity index (χ3v) is 2.93. The normalized spacial score (nSPS) is 10.5. The van der Waals surface area contributed by atoms with E-state index in [0.29, 0.717) is 64.9 Å². The molecule has 0 saturated heterocycles. The summed E-state index contributed by atoms with van der Waals surface area (Å²) in [5.74, 6) is 0.576. The van der Waals surface area contributed by atoms with Crippen LogP contribution in [0.3, 0.4) is 0 Å². The molecule has 0 rings (SSSR count). The number of hydrogen-bond acceptors (Lipinski definition) is 6. The smallest absolute Gasteiger partial charge is 0.220 e. The molecule has 0 saturated carbocycles. The van der Waals surface area contributed by atoms with Gasteiger partial charge in [0.25, 0.3) is 0 Å². The summed E-state index contributed by atoms with van der Waals surface area (Å²) >= 11 is 3.99. The van der Waals surface area contributed by atoms with Crippen molar-refractivity contribution in [3.8, 4) is 0 Å². The lowest BCUT2D eigenvalue weighted by Gasteiger charge is -2.07. The van der Waals surface area contributed by atoms with Crippen LogP contribution in [0.4, 0.5) is 0 Å². The summed E-state index contributed by atoms with van der Waals surface area (Å²) in [5.41, 5.74) is 0. The van der Waals surface area contributed by atoms with Crippen molar-refractivity contribution in [2.75, 3.05) is 58.5 Å². The number of ether oxygens (including phenoxy) is 3. The summed E-state index contributed by atoms with van der Waals surface area (Å²) in [6.45, 7) is 6.10. The van der Waals surface area contributed by atoms with Crippen LogP contribution in [-0.4, -0.2) is 70.3 Å². The van der Waals surface area contributed by atoms with E-state index in [9.17, 15) is 9.59 Å². The number of carbonyl (C=O) groups is 2. The van der Waals surface area contributed by atoms with Gasteiger partial charge in [-0.1, -0.05) is 0 Å². The molecule has 0 aromatic rings. The van der Waals surface area contributed by atoms with E-state index in [4.69, 9.17) is 14.2 Å². The second-order valence-corrected chi connectivity index (χ2v) is 5.30. The molecule has 2 N–H and O–H groups in total. The molecule has 0 aliphatic carbocycles. The maximum atomic E-state index is 11.1. The molecule has 7 nitrogen and oxygen atoms in total. The fourth-order valence-electron chi connectivity index (χ4n) is 1.57. The van der Waals surface area contributed by atoms with Gasteiger partial charge in [-0.15, -0.1) is 0 Å². The first-order valence-corrected chi connectivity index (χ1v) is 8.65. The van der Waals surface area contributed by atoms with Crippen molar-refractivity contribution >= 4 is 24.4 Å². The highest BCUT2D eigenvalue weighted by atomic mass is 32.1. The van der Waals surface area contributed by atoms with Crippen LogP contribution >= 0.6 is 12.6 Å². The summed E-state index contributed by atoms with van der Waals surface area (Å²) in [4.78, 5) is 21.8. The summed E-state index contributed by atoms with van der Waals surface area (Å²) in [7, 11) is 0. The molecule has 0 unspecified atom stereocenters. The Morgan fingerprint density at radius 3 is 1.78 bits per heavy atom. The molecule has 0 fully saturated rings. The molecule has 136 valence electrons. The highest BCUT2D eigenvalue weighted by Gasteiger charge is 1.98. The Morgan fingerprint density at radius 2 is 1.30 bits per heavy atom. The summed E-state index contributed by atoms with van der Waals surface area (Å²) in [5, 5.41) is 5.50. The number of rotatable bonds is 16. The van der Waals surface area contributed by atoms with Crippen molar-refractivity contribution in [1.29, 1.82) is 0 Å². The number of nitrogens with one attached hydrogen (secondary N) is 2. The molecular weight excluding hydrogens is 320 g/mol. The van der Waals surface area contributed by atoms with Crippen LogP contribution in [0.5, 0.6) is 0 Å². The van der Waals surface area contributed by atoms with Crippen LogP contribution in [0.2, 0.25) is 0 Å². The fourth-order valence-corrected chi connectivity index (χ4v) is 1.78. The van der Waals surface area contributed by atoms with Crippen LogP contribution < -0.4 is 10.6 Å². The zero-order chi connectivity index (χ0) is 17.2. The van der Waals surface area contributed by atoms with E-state index >= 15 is 0 Å². The van der Waals surface area contributed by atoms with Crippen molar-refractivity contribution in [1.82, 2.24) is 10.6 Å². The molecule has 0 aliphatic heterocycles. The van der Waals surface area contributed by atoms with Crippen LogP contribution in [-0.2, 0) is 23.8 Å². The molecule has 0 atom stereocenters. The number of carbonyl (C=O) groups excluding carboxylic acids is 2. The van der Waals surface area contributed by atoms with E-state index in [1.807, 2.05) is 0 Å². The van der Waals surface area contributed by atoms with Crippen LogP contribution in [0.15, 0.2) is 0 Å². The van der Waals surface area contributed by atoms with Gasteiger partial charge in [0.1, 0.15) is 0 Å². The van der Waals surface area contributed by atoms with Gasteiger partial charge in [0, 0.05) is 39.6 Å². The van der Waals surface area contributed by atoms with Gasteiger partial charge in [-0.2, -0.15) is 12.6 Å². The van der Waals surface area contributed by atoms with Gasteiger partial charge in [-0.05, 0) is 18.6 Å². The Bertz CT molecular complexity index is 306. The molecule has 0 aromatic heterocycles. The average Bonchev–Trinajstić information content (AvgIpc) is 2.51. The van der Waals surface area contributed by atoms with Crippen LogP contribution in [0.25, 0.3) is 0 Å². The molecule has 23 heavy (non-hydrogen) atoms. The van der Waals surface area contributed by atoms with Crippen LogP contribution in [0, 0.1) is 0 Å². The van der Waals surface area contributed by atoms with Gasteiger partial charge in [0.05, 0.1) is 26.4 Å². The number of thiol groups is 1. The second kappa shape index (κ2) is 17.5. The monoisotopic (exact) mass is 350 g/mol. The van der Waals surface area contributed by atoms with E-state index in [-0.39, 0.29) is 11.8 Å². The molecule has 0 aliphatic rings. The van der Waals surface area contributed by atoms with Crippen LogP contribution in [0.1, 0.15) is 26.2 Å². The predicted molar refractivity (Wildman–Crippen MR) is 91.9 cm³/mol. The minimum absolute atomic E-state index is 0.0200. The minimum Gasteiger partial charge on any atom is -0.379 e. The Labute approximate surface area is 144 Å². The largest absolute Gasteiger partial charge is 0.379 e. The predicted octanol–water partition coefficient (Wildman–Crippen LogP) is 0.389. The fraction of sp³-hybridized carbons (Fsp3) is 0.867. The van der Waals surface area contributed by atoms with Crippen molar-refractivity contribution in [2.45, 2.75) is 26.2 Å². The molecule has 2 amide bonds. The van der Waals surface area contributed by atoms with E-state index < -0.39 is 0 Å². The highest BCUT2D eigenvalue weighted by molar-refractivity contribution is 7.80. The zero-order valence-corrected chi connectivity index (χ0v) is 14.9. The molecule has 0 spiro atoms. The van der Waals surface area contributed by atoms with Gasteiger partial charge < -0.3 is 24.8 Å². The molecule has 0 heterocycles. The first-order valence-electron chi connectivity index (χ1n) is 8.02. The summed E-state index contributed by atoms with van der Waals surface area (Å²) in [6, 6.07) is 0. The highest BCUT2D eigenvalue weighted by Crippen LogP contribution is 1.87. The Balaban J connectivity index is 3.05. The van der Waals surface area contributed by atoms with E-state index in [2.05, 4.69) is 23.3 Å². The Kier molecular flexibility index (Phi) is 16.9. The first-order chi connectivity index (χ1) is 11.2. The van der Waals surface area contributed by atoms with Gasteiger partial charge in [0.2, 0.25) is 11.8 Å². The van der Waals surface area contributed by atoms with Gasteiger partial charge >= 0.3 is 0 Å². The summed E-state index contributed by atoms with van der Waals surface area (Å²) < 4.78 is 16.1. The van der Waals surface area contributed by atoms with Crippen molar-refractivity contribution in [3.05, 3.63) is 0 Å². The topological polar surface area (TPSA) is 85.9 Å². The van der Waals surface area contributed by atoms with Gasteiger partial charge in [-0.25, -0.2) is 0 Å². The molecular formula is C15H30N2O5S. The zero-order valence-electron chi connectivity index (χ0n) is 14.0. The lowest BCUT2D eigenvalue weighted by Crippen LogP contribution is -2.25. The maximum Gasteiger partial charge on any atom is 0.220 e. The van der Waals surface area contributed by atoms with Crippen molar-refractivity contribution in [2.24, 2.45) is 0 Å². The molecule has 0 bridgehead atoms. The maximum absolute atomic E-state index is 11.1. The number of hydrogen-bond donors (Lipinski definition) is 3. The third kappa shape index (κ3) is 19.1. The lowest BCUT2D eigenvalue weighted by molar-refractivity contribution is -0.121. The first kappa shape index (κ1) is 22.2. The average molecular weight is 350 g/mol. The van der Waals surface area contributed by atoms with Crippen molar-refractivity contribution in [3.63, 3.8) is 0 Å². The minimum atomic E-state index is -0.0200. The second-order valence-electron chi connectivity index (χ2n) is 4.85. The van der Waals surface area contributed by atoms with E-state index in [1.54, 1.807) is 0 Å². The third-order valence-electron chi connectivity index (χ3n) is 2.71. The quantitative estimate of drug-likeness (QED) is 0.277. The SMILES string of the molecule is CC(=O)NCCCOCCOCCOCCCNC(=O)CCS. The Morgan fingerprint density at radius 1 is 0.826 bits per heavy atom. The standard InChI is InChI=1S/C15H30N2O5S/c1-14(18)16-5-2-7-20-9-11-22-12-10-21-8-3-6-17-15(19)4-13-23/h23H,2-13H2,1H3,(H,16,18)(H,17,19). The van der Waals surface area contributed by atoms with Gasteiger partial charge in [-0.3, -0.25) is 9.59 Å². The van der Waals surface area contributed by atoms with Gasteiger partial charge in [0.15, 0.2) is 0 Å². The molecule has 0 aromatic carbocycles. The lowest BCUT2D eigenvalue weighted by atomic mass is 10.4. The Hall–Kier alpha value is -0.830. The molecule has 0 radical (unpaired) electrons. The van der Waals surface area contributed by atoms with E-state index in [0.717, 1.165) is 12.8 Å². The number of amides is 2. The van der Waals surface area contributed by atoms with Crippen molar-refractivity contribution < 1.29 is 23.8 Å². The molecule has 8 heteroatoms. The van der Waals surface area contributed by atoms with E-state index in [1.165, 1.54) is 6.92 Å².